The molecule has 0 unspecified atom stereocenters. The van der Waals surface area contributed by atoms with E-state index in [1.165, 1.54) is 6.07 Å². The first kappa shape index (κ1) is 17.9. The zero-order valence-corrected chi connectivity index (χ0v) is 14.8. The van der Waals surface area contributed by atoms with E-state index in [1.54, 1.807) is 48.3 Å². The molecule has 0 spiro atoms. The summed E-state index contributed by atoms with van der Waals surface area (Å²) in [5, 5.41) is 2.00. The standard InChI is InChI=1S/C19H18FN5S/c20-15-4-2-1-3-14(15)12-24-17(13-6-9-26-10-7-13)11-16(21)19-23-8-5-18(22)25-19/h1-9,11H,10,12,21H2,(H2,22,23,25). The number of aromatic nitrogens is 2. The molecule has 0 fully saturated rings. The van der Waals surface area contributed by atoms with Gasteiger partial charge in [-0.3, -0.25) is 4.99 Å². The Hall–Kier alpha value is -2.93. The van der Waals surface area contributed by atoms with Gasteiger partial charge in [0.25, 0.3) is 0 Å². The Bertz CT molecular complexity index is 918. The molecule has 0 saturated heterocycles. The lowest BCUT2D eigenvalue weighted by atomic mass is 10.1. The van der Waals surface area contributed by atoms with Crippen molar-refractivity contribution in [2.24, 2.45) is 10.7 Å². The fraction of sp³-hybridized carbons (Fsp3) is 0.105. The molecule has 2 aromatic rings. The largest absolute Gasteiger partial charge is 0.396 e. The Labute approximate surface area is 155 Å². The quantitative estimate of drug-likeness (QED) is 0.791. The Balaban J connectivity index is 1.94. The van der Waals surface area contributed by atoms with Crippen molar-refractivity contribution in [2.75, 3.05) is 11.5 Å². The summed E-state index contributed by atoms with van der Waals surface area (Å²) in [7, 11) is 0. The van der Waals surface area contributed by atoms with Gasteiger partial charge in [0.1, 0.15) is 11.6 Å². The van der Waals surface area contributed by atoms with Crippen molar-refractivity contribution in [2.45, 2.75) is 6.54 Å². The van der Waals surface area contributed by atoms with Crippen LogP contribution in [0.5, 0.6) is 0 Å². The average molecular weight is 367 g/mol. The average Bonchev–Trinajstić information content (AvgIpc) is 2.67. The van der Waals surface area contributed by atoms with E-state index in [0.29, 0.717) is 28.6 Å². The number of allylic oxidation sites excluding steroid dienone is 3. The molecule has 0 atom stereocenters. The van der Waals surface area contributed by atoms with Crippen LogP contribution in [-0.2, 0) is 6.54 Å². The molecule has 26 heavy (non-hydrogen) atoms. The fourth-order valence-electron chi connectivity index (χ4n) is 2.31. The van der Waals surface area contributed by atoms with Gasteiger partial charge in [-0.25, -0.2) is 14.4 Å². The van der Waals surface area contributed by atoms with Crippen molar-refractivity contribution < 1.29 is 4.39 Å². The van der Waals surface area contributed by atoms with Gasteiger partial charge in [0.15, 0.2) is 5.82 Å². The molecule has 0 aliphatic carbocycles. The Morgan fingerprint density at radius 2 is 2.15 bits per heavy atom. The second-order valence-corrected chi connectivity index (χ2v) is 6.43. The van der Waals surface area contributed by atoms with Crippen LogP contribution < -0.4 is 11.5 Å². The van der Waals surface area contributed by atoms with Crippen LogP contribution in [0.25, 0.3) is 5.70 Å². The summed E-state index contributed by atoms with van der Waals surface area (Å²) in [6.45, 7) is 0.210. The smallest absolute Gasteiger partial charge is 0.177 e. The van der Waals surface area contributed by atoms with Gasteiger partial charge in [-0.05, 0) is 35.3 Å². The molecule has 3 rings (SSSR count). The monoisotopic (exact) mass is 367 g/mol. The highest BCUT2D eigenvalue weighted by Crippen LogP contribution is 2.18. The highest BCUT2D eigenvalue weighted by molar-refractivity contribution is 8.02. The van der Waals surface area contributed by atoms with Crippen molar-refractivity contribution in [3.63, 3.8) is 0 Å². The van der Waals surface area contributed by atoms with Crippen molar-refractivity contribution in [3.8, 4) is 0 Å². The van der Waals surface area contributed by atoms with Crippen LogP contribution in [0.15, 0.2) is 70.7 Å². The number of thioether (sulfide) groups is 1. The fourth-order valence-corrected chi connectivity index (χ4v) is 2.94. The molecule has 0 bridgehead atoms. The third-order valence-corrected chi connectivity index (χ3v) is 4.33. The number of nitrogens with two attached hydrogens (primary N) is 2. The molecular formula is C19H18FN5S. The van der Waals surface area contributed by atoms with Crippen LogP contribution in [0.2, 0.25) is 0 Å². The van der Waals surface area contributed by atoms with Gasteiger partial charge in [0.05, 0.1) is 18.0 Å². The number of hydrogen-bond donors (Lipinski definition) is 2. The number of halogens is 1. The predicted octanol–water partition coefficient (Wildman–Crippen LogP) is 3.33. The third-order valence-electron chi connectivity index (χ3n) is 3.64. The number of nitrogen functional groups attached to an aromatic ring is 1. The molecule has 0 amide bonds. The zero-order chi connectivity index (χ0) is 18.4. The van der Waals surface area contributed by atoms with Gasteiger partial charge in [0.2, 0.25) is 0 Å². The third kappa shape index (κ3) is 4.58. The molecule has 2 heterocycles. The first-order valence-corrected chi connectivity index (χ1v) is 9.01. The van der Waals surface area contributed by atoms with Crippen molar-refractivity contribution >= 4 is 29.0 Å². The first-order chi connectivity index (χ1) is 12.6. The maximum absolute atomic E-state index is 13.9. The number of benzene rings is 1. The number of rotatable bonds is 5. The summed E-state index contributed by atoms with van der Waals surface area (Å²) in [4.78, 5) is 12.8. The summed E-state index contributed by atoms with van der Waals surface area (Å²) in [5.74, 6) is 1.23. The van der Waals surface area contributed by atoms with E-state index >= 15 is 0 Å². The van der Waals surface area contributed by atoms with Gasteiger partial charge in [0, 0.05) is 17.5 Å². The second kappa shape index (κ2) is 8.44. The minimum atomic E-state index is -0.282. The van der Waals surface area contributed by atoms with E-state index < -0.39 is 0 Å². The molecule has 5 nitrogen and oxygen atoms in total. The van der Waals surface area contributed by atoms with Crippen molar-refractivity contribution in [1.82, 2.24) is 9.97 Å². The highest BCUT2D eigenvalue weighted by Gasteiger charge is 2.09. The topological polar surface area (TPSA) is 90.2 Å². The van der Waals surface area contributed by atoms with E-state index in [9.17, 15) is 4.39 Å². The van der Waals surface area contributed by atoms with Crippen LogP contribution in [0.4, 0.5) is 10.2 Å². The lowest BCUT2D eigenvalue weighted by molar-refractivity contribution is 0.611. The van der Waals surface area contributed by atoms with Crippen molar-refractivity contribution in [3.05, 3.63) is 82.9 Å². The maximum atomic E-state index is 13.9. The summed E-state index contributed by atoms with van der Waals surface area (Å²) in [5.41, 5.74) is 14.3. The molecule has 1 aromatic heterocycles. The van der Waals surface area contributed by atoms with Gasteiger partial charge in [-0.1, -0.05) is 24.3 Å². The Kier molecular flexibility index (Phi) is 5.80. The SMILES string of the molecule is NC(=CC(=NCc1ccccc1F)C1=CCSC=C1)c1nccc(N)n1. The van der Waals surface area contributed by atoms with Gasteiger partial charge in [-0.15, -0.1) is 11.8 Å². The van der Waals surface area contributed by atoms with Crippen LogP contribution in [0, 0.1) is 5.82 Å². The molecule has 1 aliphatic heterocycles. The van der Waals surface area contributed by atoms with E-state index in [1.807, 2.05) is 11.5 Å². The minimum absolute atomic E-state index is 0.210. The molecule has 0 saturated carbocycles. The van der Waals surface area contributed by atoms with Crippen LogP contribution in [0.3, 0.4) is 0 Å². The van der Waals surface area contributed by atoms with Crippen LogP contribution >= 0.6 is 11.8 Å². The molecule has 1 aromatic carbocycles. The van der Waals surface area contributed by atoms with Crippen molar-refractivity contribution in [1.29, 1.82) is 0 Å². The van der Waals surface area contributed by atoms with Crippen LogP contribution in [0.1, 0.15) is 11.4 Å². The molecule has 132 valence electrons. The summed E-state index contributed by atoms with van der Waals surface area (Å²) in [6.07, 6.45) is 7.25. The normalized spacial score (nSPS) is 15.0. The number of hydrogen-bond acceptors (Lipinski definition) is 6. The number of anilines is 1. The molecular weight excluding hydrogens is 349 g/mol. The predicted molar refractivity (Wildman–Crippen MR) is 106 cm³/mol. The lowest BCUT2D eigenvalue weighted by Gasteiger charge is -2.09. The highest BCUT2D eigenvalue weighted by atomic mass is 32.2. The summed E-state index contributed by atoms with van der Waals surface area (Å²) < 4.78 is 13.9. The van der Waals surface area contributed by atoms with Gasteiger partial charge in [-0.2, -0.15) is 0 Å². The molecule has 0 radical (unpaired) electrons. The van der Waals surface area contributed by atoms with E-state index in [2.05, 4.69) is 21.0 Å². The van der Waals surface area contributed by atoms with Gasteiger partial charge >= 0.3 is 0 Å². The zero-order valence-electron chi connectivity index (χ0n) is 14.0. The first-order valence-electron chi connectivity index (χ1n) is 7.96. The van der Waals surface area contributed by atoms with Crippen LogP contribution in [-0.4, -0.2) is 21.4 Å². The Morgan fingerprint density at radius 1 is 1.31 bits per heavy atom. The van der Waals surface area contributed by atoms with E-state index in [0.717, 1.165) is 11.3 Å². The second-order valence-electron chi connectivity index (χ2n) is 5.49. The lowest BCUT2D eigenvalue weighted by Crippen LogP contribution is -2.09. The Morgan fingerprint density at radius 3 is 2.88 bits per heavy atom. The summed E-state index contributed by atoms with van der Waals surface area (Å²) >= 11 is 1.69. The molecule has 4 N–H and O–H groups in total. The van der Waals surface area contributed by atoms with E-state index in [-0.39, 0.29) is 12.4 Å². The maximum Gasteiger partial charge on any atom is 0.177 e. The number of nitrogens with zero attached hydrogens (tertiary/aromatic N) is 3. The van der Waals surface area contributed by atoms with E-state index in [4.69, 9.17) is 11.5 Å². The number of aliphatic imine (C=N–C) groups is 1. The molecule has 1 aliphatic rings. The minimum Gasteiger partial charge on any atom is -0.396 e. The molecule has 7 heteroatoms. The summed E-state index contributed by atoms with van der Waals surface area (Å²) in [6, 6.07) is 8.17. The van der Waals surface area contributed by atoms with Gasteiger partial charge < -0.3 is 11.5 Å².